The van der Waals surface area contributed by atoms with E-state index >= 15 is 0 Å². The lowest BCUT2D eigenvalue weighted by Crippen LogP contribution is -2.29. The monoisotopic (exact) mass is 130 g/mol. The molecule has 2 nitrogen and oxygen atoms in total. The van der Waals surface area contributed by atoms with Gasteiger partial charge in [-0.05, 0) is 18.8 Å². The van der Waals surface area contributed by atoms with Gasteiger partial charge in [-0.25, -0.2) is 0 Å². The molecule has 0 bridgehead atoms. The number of hydrogen-bond donors (Lipinski definition) is 2. The van der Waals surface area contributed by atoms with Crippen LogP contribution in [-0.4, -0.2) is 12.6 Å². The zero-order valence-corrected chi connectivity index (χ0v) is 6.43. The van der Waals surface area contributed by atoms with E-state index in [1.165, 1.54) is 6.42 Å². The Labute approximate surface area is 57.6 Å². The molecule has 0 fully saturated rings. The van der Waals surface area contributed by atoms with Crippen molar-refractivity contribution in [2.24, 2.45) is 17.4 Å². The van der Waals surface area contributed by atoms with Gasteiger partial charge in [0.2, 0.25) is 0 Å². The van der Waals surface area contributed by atoms with Gasteiger partial charge < -0.3 is 11.5 Å². The molecule has 0 aromatic carbocycles. The van der Waals surface area contributed by atoms with Crippen molar-refractivity contribution >= 4 is 0 Å². The molecule has 0 aliphatic carbocycles. The van der Waals surface area contributed by atoms with Gasteiger partial charge in [-0.3, -0.25) is 0 Å². The van der Waals surface area contributed by atoms with Crippen LogP contribution in [0.15, 0.2) is 0 Å². The van der Waals surface area contributed by atoms with Crippen molar-refractivity contribution in [2.75, 3.05) is 6.54 Å². The molecule has 0 aliphatic heterocycles. The first-order valence-corrected chi connectivity index (χ1v) is 3.62. The van der Waals surface area contributed by atoms with Crippen molar-refractivity contribution in [3.8, 4) is 0 Å². The minimum atomic E-state index is 0.215. The predicted octanol–water partition coefficient (Wildman–Crippen LogP) is 0.709. The molecule has 9 heavy (non-hydrogen) atoms. The van der Waals surface area contributed by atoms with Crippen LogP contribution in [0.3, 0.4) is 0 Å². The van der Waals surface area contributed by atoms with E-state index in [4.69, 9.17) is 11.5 Å². The van der Waals surface area contributed by atoms with E-state index in [0.717, 1.165) is 12.3 Å². The van der Waals surface area contributed by atoms with Gasteiger partial charge in [0.1, 0.15) is 0 Å². The molecule has 56 valence electrons. The summed E-state index contributed by atoms with van der Waals surface area (Å²) in [6.07, 6.45) is 2.26. The molecule has 1 atom stereocenters. The number of nitrogens with two attached hydrogens (primary N) is 2. The fraction of sp³-hybridized carbons (Fsp3) is 1.00. The van der Waals surface area contributed by atoms with Crippen molar-refractivity contribution in [1.29, 1.82) is 0 Å². The summed E-state index contributed by atoms with van der Waals surface area (Å²) in [7, 11) is 0. The van der Waals surface area contributed by atoms with E-state index in [0.29, 0.717) is 6.54 Å². The van der Waals surface area contributed by atoms with Crippen LogP contribution in [0.25, 0.3) is 0 Å². The minimum absolute atomic E-state index is 0.215. The Morgan fingerprint density at radius 3 is 2.11 bits per heavy atom. The molecule has 0 saturated heterocycles. The van der Waals surface area contributed by atoms with Gasteiger partial charge in [-0.1, -0.05) is 13.8 Å². The van der Waals surface area contributed by atoms with Crippen molar-refractivity contribution in [3.05, 3.63) is 0 Å². The highest BCUT2D eigenvalue weighted by Crippen LogP contribution is 2.04. The quantitative estimate of drug-likeness (QED) is 0.589. The first-order valence-electron chi connectivity index (χ1n) is 3.62. The standard InChI is InChI=1S/C7H18N2/c1-6(2)3-4-7(9)5-8/h6-7H,3-5,8-9H2,1-2H3/t7-/m0/s1. The molecule has 2 heteroatoms. The summed E-state index contributed by atoms with van der Waals surface area (Å²) in [5, 5.41) is 0. The summed E-state index contributed by atoms with van der Waals surface area (Å²) in [6, 6.07) is 0.215. The first kappa shape index (κ1) is 8.92. The Hall–Kier alpha value is -0.0800. The van der Waals surface area contributed by atoms with Gasteiger partial charge in [0.15, 0.2) is 0 Å². The van der Waals surface area contributed by atoms with E-state index in [1.54, 1.807) is 0 Å². The fourth-order valence-corrected chi connectivity index (χ4v) is 0.665. The van der Waals surface area contributed by atoms with Gasteiger partial charge in [-0.2, -0.15) is 0 Å². The molecular formula is C7H18N2. The molecule has 0 saturated carbocycles. The number of rotatable bonds is 4. The van der Waals surface area contributed by atoms with Gasteiger partial charge in [0.05, 0.1) is 0 Å². The zero-order chi connectivity index (χ0) is 7.28. The van der Waals surface area contributed by atoms with Crippen LogP contribution in [0.4, 0.5) is 0 Å². The van der Waals surface area contributed by atoms with Crippen molar-refractivity contribution in [2.45, 2.75) is 32.7 Å². The van der Waals surface area contributed by atoms with Crippen LogP contribution in [0.5, 0.6) is 0 Å². The van der Waals surface area contributed by atoms with Crippen LogP contribution in [0, 0.1) is 5.92 Å². The fourth-order valence-electron chi connectivity index (χ4n) is 0.665. The highest BCUT2D eigenvalue weighted by atomic mass is 14.7. The molecule has 0 aromatic heterocycles. The molecule has 0 radical (unpaired) electrons. The summed E-state index contributed by atoms with van der Waals surface area (Å²) in [5.41, 5.74) is 10.9. The van der Waals surface area contributed by atoms with Gasteiger partial charge >= 0.3 is 0 Å². The summed E-state index contributed by atoms with van der Waals surface area (Å²) in [6.45, 7) is 5.01. The van der Waals surface area contributed by atoms with Gasteiger partial charge in [0.25, 0.3) is 0 Å². The Kier molecular flexibility index (Phi) is 4.72. The number of hydrogen-bond acceptors (Lipinski definition) is 2. The summed E-state index contributed by atoms with van der Waals surface area (Å²) >= 11 is 0. The van der Waals surface area contributed by atoms with Crippen LogP contribution in [-0.2, 0) is 0 Å². The molecule has 0 rings (SSSR count). The summed E-state index contributed by atoms with van der Waals surface area (Å²) < 4.78 is 0. The van der Waals surface area contributed by atoms with Crippen molar-refractivity contribution in [1.82, 2.24) is 0 Å². The molecule has 0 unspecified atom stereocenters. The third-order valence-electron chi connectivity index (χ3n) is 1.42. The zero-order valence-electron chi connectivity index (χ0n) is 6.43. The minimum Gasteiger partial charge on any atom is -0.329 e. The second-order valence-corrected chi connectivity index (χ2v) is 2.97. The van der Waals surface area contributed by atoms with Crippen LogP contribution in [0.2, 0.25) is 0 Å². The Bertz CT molecular complexity index is 61.9. The van der Waals surface area contributed by atoms with E-state index in [1.807, 2.05) is 0 Å². The van der Waals surface area contributed by atoms with Crippen LogP contribution < -0.4 is 11.5 Å². The molecular weight excluding hydrogens is 112 g/mol. The van der Waals surface area contributed by atoms with Gasteiger partial charge in [0, 0.05) is 12.6 Å². The smallest absolute Gasteiger partial charge is 0.0163 e. The Balaban J connectivity index is 3.06. The van der Waals surface area contributed by atoms with E-state index in [-0.39, 0.29) is 6.04 Å². The molecule has 0 aliphatic rings. The van der Waals surface area contributed by atoms with E-state index < -0.39 is 0 Å². The van der Waals surface area contributed by atoms with Crippen molar-refractivity contribution in [3.63, 3.8) is 0 Å². The molecule has 0 aromatic rings. The Morgan fingerprint density at radius 1 is 1.22 bits per heavy atom. The van der Waals surface area contributed by atoms with Gasteiger partial charge in [-0.15, -0.1) is 0 Å². The lowest BCUT2D eigenvalue weighted by atomic mass is 10.0. The molecule has 0 amide bonds. The topological polar surface area (TPSA) is 52.0 Å². The largest absolute Gasteiger partial charge is 0.329 e. The highest BCUT2D eigenvalue weighted by Gasteiger charge is 1.99. The van der Waals surface area contributed by atoms with Crippen molar-refractivity contribution < 1.29 is 0 Å². The van der Waals surface area contributed by atoms with E-state index in [2.05, 4.69) is 13.8 Å². The molecule has 4 N–H and O–H groups in total. The maximum atomic E-state index is 5.60. The predicted molar refractivity (Wildman–Crippen MR) is 41.1 cm³/mol. The van der Waals surface area contributed by atoms with E-state index in [9.17, 15) is 0 Å². The maximum Gasteiger partial charge on any atom is 0.0163 e. The lowest BCUT2D eigenvalue weighted by molar-refractivity contribution is 0.500. The first-order chi connectivity index (χ1) is 4.16. The lowest BCUT2D eigenvalue weighted by Gasteiger charge is -2.09. The average Bonchev–Trinajstić information content (AvgIpc) is 1.83. The average molecular weight is 130 g/mol. The molecule has 0 heterocycles. The third kappa shape index (κ3) is 5.80. The van der Waals surface area contributed by atoms with Crippen LogP contribution in [0.1, 0.15) is 26.7 Å². The SMILES string of the molecule is CC(C)CC[C@H](N)CN. The summed E-state index contributed by atoms with van der Waals surface area (Å²) in [4.78, 5) is 0. The van der Waals surface area contributed by atoms with Crippen LogP contribution >= 0.6 is 0 Å². The second kappa shape index (κ2) is 4.77. The summed E-state index contributed by atoms with van der Waals surface area (Å²) in [5.74, 6) is 0.752. The third-order valence-corrected chi connectivity index (χ3v) is 1.42. The second-order valence-electron chi connectivity index (χ2n) is 2.97. The Morgan fingerprint density at radius 2 is 1.78 bits per heavy atom. The molecule has 0 spiro atoms. The highest BCUT2D eigenvalue weighted by molar-refractivity contribution is 4.61. The maximum absolute atomic E-state index is 5.60. The normalized spacial score (nSPS) is 14.3.